The van der Waals surface area contributed by atoms with Gasteiger partial charge < -0.3 is 10.4 Å². The van der Waals surface area contributed by atoms with Crippen LogP contribution in [-0.2, 0) is 4.79 Å². The van der Waals surface area contributed by atoms with Crippen LogP contribution in [0.4, 0.5) is 0 Å². The van der Waals surface area contributed by atoms with Crippen molar-refractivity contribution in [3.63, 3.8) is 0 Å². The Morgan fingerprint density at radius 1 is 1.36 bits per heavy atom. The lowest BCUT2D eigenvalue weighted by Crippen LogP contribution is -2.11. The fourth-order valence-corrected chi connectivity index (χ4v) is 0.982. The first-order valence-electron chi connectivity index (χ1n) is 4.46. The Balaban J connectivity index is 2.25. The van der Waals surface area contributed by atoms with Crippen LogP contribution in [0.1, 0.15) is 12.0 Å². The van der Waals surface area contributed by atoms with E-state index in [0.29, 0.717) is 6.54 Å². The van der Waals surface area contributed by atoms with Crippen molar-refractivity contribution < 1.29 is 9.90 Å². The highest BCUT2D eigenvalue weighted by Gasteiger charge is 1.91. The normalized spacial score (nSPS) is 10.3. The van der Waals surface area contributed by atoms with E-state index >= 15 is 0 Å². The van der Waals surface area contributed by atoms with E-state index in [1.807, 2.05) is 36.4 Å². The number of carboxylic acid groups (broad SMARTS) is 1. The minimum absolute atomic E-state index is 0.138. The Labute approximate surface area is 83.1 Å². The molecule has 0 unspecified atom stereocenters. The number of nitrogens with one attached hydrogen (secondary N) is 1. The first-order valence-corrected chi connectivity index (χ1v) is 4.46. The molecule has 0 radical (unpaired) electrons. The summed E-state index contributed by atoms with van der Waals surface area (Å²) in [4.78, 5) is 10.2. The number of hydrogen-bond donors (Lipinski definition) is 2. The average Bonchev–Trinajstić information content (AvgIpc) is 2.18. The van der Waals surface area contributed by atoms with Gasteiger partial charge in [-0.25, -0.2) is 0 Å². The maximum Gasteiger partial charge on any atom is 0.305 e. The predicted molar refractivity (Wildman–Crippen MR) is 55.7 cm³/mol. The van der Waals surface area contributed by atoms with Crippen molar-refractivity contribution in [3.8, 4) is 0 Å². The molecule has 0 heterocycles. The Morgan fingerprint density at radius 2 is 2.07 bits per heavy atom. The lowest BCUT2D eigenvalue weighted by atomic mass is 10.2. The van der Waals surface area contributed by atoms with E-state index in [2.05, 4.69) is 5.32 Å². The van der Waals surface area contributed by atoms with E-state index in [-0.39, 0.29) is 6.42 Å². The quantitative estimate of drug-likeness (QED) is 0.697. The van der Waals surface area contributed by atoms with Crippen molar-refractivity contribution in [1.29, 1.82) is 0 Å². The Hall–Kier alpha value is -1.77. The Bertz CT molecular complexity index is 306. The van der Waals surface area contributed by atoms with E-state index in [1.54, 1.807) is 6.20 Å². The van der Waals surface area contributed by atoms with Crippen molar-refractivity contribution in [2.45, 2.75) is 6.42 Å². The van der Waals surface area contributed by atoms with Crippen LogP contribution in [0.3, 0.4) is 0 Å². The van der Waals surface area contributed by atoms with Gasteiger partial charge in [0.05, 0.1) is 6.42 Å². The molecule has 2 N–H and O–H groups in total. The third-order valence-electron chi connectivity index (χ3n) is 1.68. The molecule has 0 bridgehead atoms. The molecular formula is C11H13NO2. The zero-order valence-corrected chi connectivity index (χ0v) is 7.81. The molecule has 0 aliphatic rings. The van der Waals surface area contributed by atoms with Gasteiger partial charge in [-0.15, -0.1) is 0 Å². The van der Waals surface area contributed by atoms with Gasteiger partial charge in [-0.05, 0) is 17.8 Å². The standard InChI is InChI=1S/C11H13NO2/c13-11(14)7-9-12-8-6-10-4-2-1-3-5-10/h1-6,8,12H,7,9H2,(H,13,14). The minimum Gasteiger partial charge on any atom is -0.481 e. The second-order valence-corrected chi connectivity index (χ2v) is 2.84. The van der Waals surface area contributed by atoms with Crippen LogP contribution in [0.15, 0.2) is 36.5 Å². The van der Waals surface area contributed by atoms with Gasteiger partial charge in [0.15, 0.2) is 0 Å². The summed E-state index contributed by atoms with van der Waals surface area (Å²) in [5.74, 6) is -0.786. The monoisotopic (exact) mass is 191 g/mol. The van der Waals surface area contributed by atoms with Crippen LogP contribution >= 0.6 is 0 Å². The highest BCUT2D eigenvalue weighted by Crippen LogP contribution is 1.99. The van der Waals surface area contributed by atoms with Crippen molar-refractivity contribution in [2.24, 2.45) is 0 Å². The average molecular weight is 191 g/mol. The predicted octanol–water partition coefficient (Wildman–Crippen LogP) is 1.72. The van der Waals surface area contributed by atoms with E-state index in [0.717, 1.165) is 5.56 Å². The number of rotatable bonds is 5. The zero-order valence-electron chi connectivity index (χ0n) is 7.81. The summed E-state index contributed by atoms with van der Waals surface area (Å²) in [6.07, 6.45) is 3.80. The lowest BCUT2D eigenvalue weighted by molar-refractivity contribution is -0.136. The number of aliphatic carboxylic acids is 1. The summed E-state index contributed by atoms with van der Waals surface area (Å²) in [5, 5.41) is 11.3. The molecule has 0 aliphatic heterocycles. The van der Waals surface area contributed by atoms with Gasteiger partial charge >= 0.3 is 5.97 Å². The van der Waals surface area contributed by atoms with E-state index in [1.165, 1.54) is 0 Å². The molecule has 3 nitrogen and oxygen atoms in total. The van der Waals surface area contributed by atoms with Gasteiger partial charge in [-0.2, -0.15) is 0 Å². The molecule has 0 spiro atoms. The first-order chi connectivity index (χ1) is 6.79. The molecule has 74 valence electrons. The molecule has 0 aromatic heterocycles. The van der Waals surface area contributed by atoms with Crippen LogP contribution in [0.5, 0.6) is 0 Å². The SMILES string of the molecule is O=C(O)CCNC=Cc1ccccc1. The fourth-order valence-electron chi connectivity index (χ4n) is 0.982. The van der Waals surface area contributed by atoms with E-state index in [9.17, 15) is 4.79 Å². The largest absolute Gasteiger partial charge is 0.481 e. The zero-order chi connectivity index (χ0) is 10.2. The van der Waals surface area contributed by atoms with Crippen molar-refractivity contribution in [3.05, 3.63) is 42.1 Å². The Morgan fingerprint density at radius 3 is 2.71 bits per heavy atom. The van der Waals surface area contributed by atoms with Crippen LogP contribution in [0, 0.1) is 0 Å². The summed E-state index contributed by atoms with van der Waals surface area (Å²) in [7, 11) is 0. The maximum absolute atomic E-state index is 10.2. The molecule has 1 rings (SSSR count). The third kappa shape index (κ3) is 4.30. The van der Waals surface area contributed by atoms with Gasteiger partial charge in [0.25, 0.3) is 0 Å². The van der Waals surface area contributed by atoms with Gasteiger partial charge in [-0.1, -0.05) is 30.3 Å². The van der Waals surface area contributed by atoms with Crippen molar-refractivity contribution in [2.75, 3.05) is 6.54 Å². The highest BCUT2D eigenvalue weighted by molar-refractivity contribution is 5.66. The molecular weight excluding hydrogens is 178 g/mol. The summed E-state index contributed by atoms with van der Waals surface area (Å²) < 4.78 is 0. The molecule has 14 heavy (non-hydrogen) atoms. The van der Waals surface area contributed by atoms with Gasteiger partial charge in [0.2, 0.25) is 0 Å². The van der Waals surface area contributed by atoms with Crippen molar-refractivity contribution in [1.82, 2.24) is 5.32 Å². The highest BCUT2D eigenvalue weighted by atomic mass is 16.4. The molecule has 0 amide bonds. The number of hydrogen-bond acceptors (Lipinski definition) is 2. The topological polar surface area (TPSA) is 49.3 Å². The summed E-state index contributed by atoms with van der Waals surface area (Å²) in [6, 6.07) is 9.83. The maximum atomic E-state index is 10.2. The molecule has 0 saturated heterocycles. The van der Waals surface area contributed by atoms with Gasteiger partial charge in [-0.3, -0.25) is 4.79 Å². The van der Waals surface area contributed by atoms with Crippen molar-refractivity contribution >= 4 is 12.0 Å². The van der Waals surface area contributed by atoms with Gasteiger partial charge in [0.1, 0.15) is 0 Å². The molecule has 1 aromatic rings. The smallest absolute Gasteiger partial charge is 0.305 e. The summed E-state index contributed by atoms with van der Waals surface area (Å²) in [5.41, 5.74) is 1.09. The van der Waals surface area contributed by atoms with E-state index in [4.69, 9.17) is 5.11 Å². The minimum atomic E-state index is -0.786. The molecule has 0 atom stereocenters. The summed E-state index contributed by atoms with van der Waals surface area (Å²) >= 11 is 0. The van der Waals surface area contributed by atoms with E-state index < -0.39 is 5.97 Å². The van der Waals surface area contributed by atoms with Crippen LogP contribution in [0.2, 0.25) is 0 Å². The third-order valence-corrected chi connectivity index (χ3v) is 1.68. The summed E-state index contributed by atoms with van der Waals surface area (Å²) in [6.45, 7) is 0.457. The number of carbonyl (C=O) groups is 1. The first kappa shape index (κ1) is 10.3. The fraction of sp³-hybridized carbons (Fsp3) is 0.182. The lowest BCUT2D eigenvalue weighted by Gasteiger charge is -1.96. The Kier molecular flexibility index (Phi) is 4.27. The second kappa shape index (κ2) is 5.80. The number of benzene rings is 1. The molecule has 1 aromatic carbocycles. The van der Waals surface area contributed by atoms with Gasteiger partial charge in [0, 0.05) is 6.54 Å². The molecule has 3 heteroatoms. The second-order valence-electron chi connectivity index (χ2n) is 2.84. The van der Waals surface area contributed by atoms with Crippen LogP contribution in [-0.4, -0.2) is 17.6 Å². The van der Waals surface area contributed by atoms with Crippen LogP contribution < -0.4 is 5.32 Å². The van der Waals surface area contributed by atoms with Crippen LogP contribution in [0.25, 0.3) is 6.08 Å². The molecule has 0 fully saturated rings. The number of carboxylic acids is 1. The molecule has 0 aliphatic carbocycles. The molecule has 0 saturated carbocycles.